The first-order chi connectivity index (χ1) is 8.09. The second-order valence-corrected chi connectivity index (χ2v) is 4.21. The number of rotatable bonds is 3. The molecule has 2 heterocycles. The van der Waals surface area contributed by atoms with E-state index in [2.05, 4.69) is 5.10 Å². The Morgan fingerprint density at radius 1 is 1.53 bits per heavy atom. The number of aromatic nitrogens is 2. The van der Waals surface area contributed by atoms with Gasteiger partial charge in [0.1, 0.15) is 5.56 Å². The highest BCUT2D eigenvalue weighted by Crippen LogP contribution is 2.16. The number of hydrogen-bond acceptors (Lipinski definition) is 3. The third kappa shape index (κ3) is 2.30. The topological polar surface area (TPSA) is 75.4 Å². The van der Waals surface area contributed by atoms with Crippen LogP contribution >= 0.6 is 0 Å². The molecule has 1 aromatic heterocycles. The normalized spacial score (nSPS) is 16.3. The molecule has 92 valence electrons. The van der Waals surface area contributed by atoms with Gasteiger partial charge in [0.15, 0.2) is 0 Å². The molecular weight excluding hydrogens is 222 g/mol. The van der Waals surface area contributed by atoms with E-state index in [1.54, 1.807) is 11.9 Å². The van der Waals surface area contributed by atoms with Crippen LogP contribution in [0.3, 0.4) is 0 Å². The minimum absolute atomic E-state index is 0.0915. The van der Waals surface area contributed by atoms with Crippen molar-refractivity contribution < 1.29 is 14.7 Å². The fourth-order valence-electron chi connectivity index (χ4n) is 2.04. The number of likely N-dealkylation sites (tertiary alicyclic amines) is 1. The molecule has 1 aliphatic heterocycles. The van der Waals surface area contributed by atoms with Crippen molar-refractivity contribution in [1.82, 2.24) is 14.7 Å². The Morgan fingerprint density at radius 2 is 2.29 bits per heavy atom. The molecule has 0 spiro atoms. The Bertz CT molecular complexity index is 453. The number of piperidine rings is 1. The van der Waals surface area contributed by atoms with Crippen molar-refractivity contribution in [1.29, 1.82) is 0 Å². The number of nitrogens with zero attached hydrogens (tertiary/aromatic N) is 3. The summed E-state index contributed by atoms with van der Waals surface area (Å²) in [6.45, 7) is 1.03. The number of amides is 1. The molecule has 6 nitrogen and oxygen atoms in total. The van der Waals surface area contributed by atoms with Gasteiger partial charge in [0.25, 0.3) is 0 Å². The molecule has 6 heteroatoms. The maximum absolute atomic E-state index is 11.7. The predicted octanol–water partition coefficient (Wildman–Crippen LogP) is 0.631. The van der Waals surface area contributed by atoms with Crippen LogP contribution in [0.25, 0.3) is 0 Å². The average molecular weight is 237 g/mol. The summed E-state index contributed by atoms with van der Waals surface area (Å²) in [7, 11) is 1.69. The molecule has 0 saturated carbocycles. The summed E-state index contributed by atoms with van der Waals surface area (Å²) in [5, 5.41) is 12.9. The maximum atomic E-state index is 11.7. The molecule has 0 bridgehead atoms. The van der Waals surface area contributed by atoms with Crippen LogP contribution in [0.5, 0.6) is 0 Å². The van der Waals surface area contributed by atoms with Gasteiger partial charge in [-0.1, -0.05) is 0 Å². The van der Waals surface area contributed by atoms with Crippen molar-refractivity contribution in [3.8, 4) is 0 Å². The predicted molar refractivity (Wildman–Crippen MR) is 59.4 cm³/mol. The van der Waals surface area contributed by atoms with Crippen LogP contribution in [0.2, 0.25) is 0 Å². The number of aromatic carboxylic acids is 1. The highest BCUT2D eigenvalue weighted by molar-refractivity contribution is 5.88. The van der Waals surface area contributed by atoms with Crippen molar-refractivity contribution in [2.45, 2.75) is 25.8 Å². The van der Waals surface area contributed by atoms with Crippen LogP contribution in [0.4, 0.5) is 0 Å². The summed E-state index contributed by atoms with van der Waals surface area (Å²) in [6, 6.07) is 0. The molecule has 0 unspecified atom stereocenters. The summed E-state index contributed by atoms with van der Waals surface area (Å²) < 4.78 is 1.52. The summed E-state index contributed by atoms with van der Waals surface area (Å²) in [5.74, 6) is -0.911. The van der Waals surface area contributed by atoms with Crippen molar-refractivity contribution in [3.63, 3.8) is 0 Å². The number of carboxylic acid groups (broad SMARTS) is 1. The van der Waals surface area contributed by atoms with Gasteiger partial charge in [-0.05, 0) is 12.8 Å². The van der Waals surface area contributed by atoms with Crippen LogP contribution in [0.1, 0.15) is 35.3 Å². The fraction of sp³-hybridized carbons (Fsp3) is 0.545. The summed E-state index contributed by atoms with van der Waals surface area (Å²) in [6.07, 6.45) is 3.78. The highest BCUT2D eigenvalue weighted by Gasteiger charge is 2.22. The molecule has 1 aliphatic rings. The molecule has 2 rings (SSSR count). The van der Waals surface area contributed by atoms with E-state index in [1.807, 2.05) is 0 Å². The highest BCUT2D eigenvalue weighted by atomic mass is 16.4. The first-order valence-corrected chi connectivity index (χ1v) is 5.61. The zero-order valence-corrected chi connectivity index (χ0v) is 9.72. The van der Waals surface area contributed by atoms with Crippen molar-refractivity contribution in [3.05, 3.63) is 17.5 Å². The van der Waals surface area contributed by atoms with Crippen LogP contribution in [0.15, 0.2) is 6.20 Å². The first-order valence-electron chi connectivity index (χ1n) is 5.61. The SMILES string of the molecule is Cn1ncc(C(=O)O)c1CN1CCCCC1=O. The van der Waals surface area contributed by atoms with E-state index in [9.17, 15) is 9.59 Å². The summed E-state index contributed by atoms with van der Waals surface area (Å²) in [4.78, 5) is 24.4. The molecule has 17 heavy (non-hydrogen) atoms. The fourth-order valence-corrected chi connectivity index (χ4v) is 2.04. The molecule has 1 saturated heterocycles. The second-order valence-electron chi connectivity index (χ2n) is 4.21. The number of aryl methyl sites for hydroxylation is 1. The Balaban J connectivity index is 2.20. The van der Waals surface area contributed by atoms with Crippen molar-refractivity contribution in [2.24, 2.45) is 7.05 Å². The van der Waals surface area contributed by atoms with Gasteiger partial charge in [-0.3, -0.25) is 9.48 Å². The van der Waals surface area contributed by atoms with Crippen molar-refractivity contribution in [2.75, 3.05) is 6.54 Å². The van der Waals surface area contributed by atoms with Gasteiger partial charge in [0, 0.05) is 20.0 Å². The quantitative estimate of drug-likeness (QED) is 0.836. The maximum Gasteiger partial charge on any atom is 0.339 e. The molecule has 1 amide bonds. The third-order valence-corrected chi connectivity index (χ3v) is 3.05. The molecule has 1 N–H and O–H groups in total. The second kappa shape index (κ2) is 4.57. The minimum Gasteiger partial charge on any atom is -0.478 e. The van der Waals surface area contributed by atoms with Gasteiger partial charge in [0.2, 0.25) is 5.91 Å². The molecule has 1 fully saturated rings. The van der Waals surface area contributed by atoms with E-state index in [1.165, 1.54) is 10.9 Å². The van der Waals surface area contributed by atoms with Gasteiger partial charge >= 0.3 is 5.97 Å². The molecule has 0 aromatic carbocycles. The van der Waals surface area contributed by atoms with Crippen LogP contribution in [-0.4, -0.2) is 38.2 Å². The smallest absolute Gasteiger partial charge is 0.339 e. The minimum atomic E-state index is -1.00. The monoisotopic (exact) mass is 237 g/mol. The van der Waals surface area contributed by atoms with E-state index in [0.717, 1.165) is 12.8 Å². The number of hydrogen-bond donors (Lipinski definition) is 1. The van der Waals surface area contributed by atoms with Crippen LogP contribution in [-0.2, 0) is 18.4 Å². The van der Waals surface area contributed by atoms with Gasteiger partial charge in [0.05, 0.1) is 18.4 Å². The van der Waals surface area contributed by atoms with E-state index in [-0.39, 0.29) is 11.5 Å². The summed E-state index contributed by atoms with van der Waals surface area (Å²) in [5.41, 5.74) is 0.749. The third-order valence-electron chi connectivity index (χ3n) is 3.05. The first kappa shape index (κ1) is 11.6. The van der Waals surface area contributed by atoms with E-state index < -0.39 is 5.97 Å². The Hall–Kier alpha value is -1.85. The molecule has 0 aliphatic carbocycles. The van der Waals surface area contributed by atoms with E-state index in [4.69, 9.17) is 5.11 Å². The zero-order valence-electron chi connectivity index (χ0n) is 9.72. The lowest BCUT2D eigenvalue weighted by molar-refractivity contribution is -0.134. The molecular formula is C11H15N3O3. The van der Waals surface area contributed by atoms with Gasteiger partial charge in [-0.15, -0.1) is 0 Å². The number of carbonyl (C=O) groups excluding carboxylic acids is 1. The zero-order chi connectivity index (χ0) is 12.4. The Kier molecular flexibility index (Phi) is 3.12. The van der Waals surface area contributed by atoms with Gasteiger partial charge in [-0.2, -0.15) is 5.10 Å². The summed E-state index contributed by atoms with van der Waals surface area (Å²) >= 11 is 0. The van der Waals surface area contributed by atoms with Gasteiger partial charge < -0.3 is 10.0 Å². The van der Waals surface area contributed by atoms with Crippen LogP contribution < -0.4 is 0 Å². The lowest BCUT2D eigenvalue weighted by Crippen LogP contribution is -2.35. The molecule has 0 radical (unpaired) electrons. The Labute approximate surface area is 98.8 Å². The number of carboxylic acids is 1. The molecule has 0 atom stereocenters. The van der Waals surface area contributed by atoms with Gasteiger partial charge in [-0.25, -0.2) is 4.79 Å². The lowest BCUT2D eigenvalue weighted by Gasteiger charge is -2.26. The van der Waals surface area contributed by atoms with Crippen LogP contribution in [0, 0.1) is 0 Å². The lowest BCUT2D eigenvalue weighted by atomic mass is 10.1. The standard InChI is InChI=1S/C11H15N3O3/c1-13-9(8(6-12-13)11(16)17)7-14-5-3-2-4-10(14)15/h6H,2-5,7H2,1H3,(H,16,17). The van der Waals surface area contributed by atoms with E-state index >= 15 is 0 Å². The average Bonchev–Trinajstić information content (AvgIpc) is 2.64. The van der Waals surface area contributed by atoms with E-state index in [0.29, 0.717) is 25.2 Å². The Morgan fingerprint density at radius 3 is 2.94 bits per heavy atom. The number of carbonyl (C=O) groups is 2. The van der Waals surface area contributed by atoms with Crippen molar-refractivity contribution >= 4 is 11.9 Å². The molecule has 1 aromatic rings. The largest absolute Gasteiger partial charge is 0.478 e.